The van der Waals surface area contributed by atoms with Gasteiger partial charge in [0.15, 0.2) is 0 Å². The van der Waals surface area contributed by atoms with Gasteiger partial charge in [0.1, 0.15) is 11.1 Å². The number of hydrogen-bond donors (Lipinski definition) is 1. The van der Waals surface area contributed by atoms with Gasteiger partial charge in [-0.15, -0.1) is 0 Å². The van der Waals surface area contributed by atoms with E-state index in [9.17, 15) is 29.6 Å². The van der Waals surface area contributed by atoms with Crippen LogP contribution in [-0.4, -0.2) is 24.9 Å². The smallest absolute Gasteiger partial charge is 0.333 e. The van der Waals surface area contributed by atoms with Crippen LogP contribution in [-0.2, 0) is 14.1 Å². The summed E-state index contributed by atoms with van der Waals surface area (Å²) in [5.74, 6) is -1.95. The minimum atomic E-state index is -1.08. The molecule has 1 heterocycles. The molecular weight excluding hydrogens is 330 g/mol. The van der Waals surface area contributed by atoms with Crippen molar-refractivity contribution in [1.29, 1.82) is 0 Å². The molecule has 1 aromatic carbocycles. The van der Waals surface area contributed by atoms with Crippen molar-refractivity contribution in [3.8, 4) is 5.88 Å². The highest BCUT2D eigenvalue weighted by Gasteiger charge is 2.28. The number of halogens is 1. The fourth-order valence-electron chi connectivity index (χ4n) is 2.01. The Morgan fingerprint density at radius 1 is 1.26 bits per heavy atom. The van der Waals surface area contributed by atoms with Crippen molar-refractivity contribution in [2.24, 2.45) is 14.1 Å². The van der Waals surface area contributed by atoms with Gasteiger partial charge >= 0.3 is 5.69 Å². The Hall–Kier alpha value is -2.94. The van der Waals surface area contributed by atoms with Gasteiger partial charge in [0.2, 0.25) is 11.7 Å². The molecule has 23 heavy (non-hydrogen) atoms. The predicted octanol–water partition coefficient (Wildman–Crippen LogP) is 0.582. The lowest BCUT2D eigenvalue weighted by Gasteiger charge is -2.09. The maximum atomic E-state index is 12.5. The van der Waals surface area contributed by atoms with Crippen LogP contribution in [0.5, 0.6) is 5.88 Å². The maximum absolute atomic E-state index is 12.5. The summed E-state index contributed by atoms with van der Waals surface area (Å²) in [7, 11) is 2.28. The van der Waals surface area contributed by atoms with Gasteiger partial charge in [0.25, 0.3) is 11.2 Å². The van der Waals surface area contributed by atoms with Crippen molar-refractivity contribution in [1.82, 2.24) is 9.13 Å². The van der Waals surface area contributed by atoms with Gasteiger partial charge in [-0.2, -0.15) is 0 Å². The average Bonchev–Trinajstić information content (AvgIpc) is 2.50. The van der Waals surface area contributed by atoms with Crippen LogP contribution in [0.3, 0.4) is 0 Å². The van der Waals surface area contributed by atoms with Gasteiger partial charge in [-0.3, -0.25) is 28.8 Å². The molecule has 10 heteroatoms. The van der Waals surface area contributed by atoms with Crippen LogP contribution in [0.2, 0.25) is 5.02 Å². The number of ketones is 1. The molecule has 0 spiro atoms. The molecule has 0 bridgehead atoms. The Morgan fingerprint density at radius 2 is 1.87 bits per heavy atom. The van der Waals surface area contributed by atoms with Gasteiger partial charge in [-0.25, -0.2) is 4.79 Å². The van der Waals surface area contributed by atoms with Crippen LogP contribution in [0.4, 0.5) is 5.69 Å². The molecule has 1 aromatic heterocycles. The number of benzene rings is 1. The molecule has 0 radical (unpaired) electrons. The molecule has 0 aliphatic carbocycles. The number of nitrogens with zero attached hydrogens (tertiary/aromatic N) is 3. The lowest BCUT2D eigenvalue weighted by molar-refractivity contribution is -0.385. The molecule has 0 aliphatic heterocycles. The number of nitro benzene ring substituents is 1. The molecule has 1 N–H and O–H groups in total. The van der Waals surface area contributed by atoms with Crippen molar-refractivity contribution in [3.63, 3.8) is 0 Å². The van der Waals surface area contributed by atoms with Crippen LogP contribution >= 0.6 is 11.6 Å². The molecule has 0 saturated heterocycles. The minimum absolute atomic E-state index is 0.0332. The first-order valence-corrected chi connectivity index (χ1v) is 6.52. The van der Waals surface area contributed by atoms with Crippen LogP contribution in [0, 0.1) is 10.1 Å². The standard InChI is InChI=1S/C13H10ClN3O6/c1-15-11(19)9(12(20)16(2)13(15)21)10(18)7-4-3-6(14)5-8(7)17(22)23/h3-5,19H,1-2H3. The van der Waals surface area contributed by atoms with Crippen LogP contribution in [0.15, 0.2) is 27.8 Å². The molecule has 120 valence electrons. The van der Waals surface area contributed by atoms with Gasteiger partial charge in [0.05, 0.1) is 4.92 Å². The van der Waals surface area contributed by atoms with E-state index in [2.05, 4.69) is 0 Å². The third kappa shape index (κ3) is 2.61. The monoisotopic (exact) mass is 339 g/mol. The minimum Gasteiger partial charge on any atom is -0.494 e. The largest absolute Gasteiger partial charge is 0.494 e. The third-order valence-electron chi connectivity index (χ3n) is 3.26. The van der Waals surface area contributed by atoms with E-state index in [1.165, 1.54) is 6.07 Å². The number of aromatic nitrogens is 2. The van der Waals surface area contributed by atoms with Crippen LogP contribution in [0.25, 0.3) is 0 Å². The fraction of sp³-hybridized carbons (Fsp3) is 0.154. The second-order valence-corrected chi connectivity index (χ2v) is 5.09. The van der Waals surface area contributed by atoms with E-state index in [4.69, 9.17) is 11.6 Å². The summed E-state index contributed by atoms with van der Waals surface area (Å²) >= 11 is 5.67. The topological polar surface area (TPSA) is 124 Å². The summed E-state index contributed by atoms with van der Waals surface area (Å²) in [6.07, 6.45) is 0. The zero-order valence-corrected chi connectivity index (χ0v) is 12.7. The van der Waals surface area contributed by atoms with Crippen molar-refractivity contribution < 1.29 is 14.8 Å². The highest BCUT2D eigenvalue weighted by atomic mass is 35.5. The van der Waals surface area contributed by atoms with Gasteiger partial charge in [-0.05, 0) is 12.1 Å². The maximum Gasteiger partial charge on any atom is 0.333 e. The summed E-state index contributed by atoms with van der Waals surface area (Å²) in [5, 5.41) is 21.0. The molecular formula is C13H10ClN3O6. The summed E-state index contributed by atoms with van der Waals surface area (Å²) in [6.45, 7) is 0. The fourth-order valence-corrected chi connectivity index (χ4v) is 2.18. The average molecular weight is 340 g/mol. The third-order valence-corrected chi connectivity index (χ3v) is 3.50. The lowest BCUT2D eigenvalue weighted by atomic mass is 10.0. The predicted molar refractivity (Wildman–Crippen MR) is 80.1 cm³/mol. The number of aromatic hydroxyl groups is 1. The second kappa shape index (κ2) is 5.69. The normalized spacial score (nSPS) is 10.6. The Bertz CT molecular complexity index is 959. The molecule has 0 amide bonds. The van der Waals surface area contributed by atoms with E-state index < -0.39 is 44.6 Å². The van der Waals surface area contributed by atoms with Gasteiger partial charge in [-0.1, -0.05) is 11.6 Å². The van der Waals surface area contributed by atoms with E-state index in [0.717, 1.165) is 26.2 Å². The lowest BCUT2D eigenvalue weighted by Crippen LogP contribution is -2.40. The SMILES string of the molecule is Cn1c(O)c(C(=O)c2ccc(Cl)cc2[N+](=O)[O-])c(=O)n(C)c1=O. The van der Waals surface area contributed by atoms with E-state index in [-0.39, 0.29) is 5.02 Å². The second-order valence-electron chi connectivity index (χ2n) is 4.65. The first-order valence-electron chi connectivity index (χ1n) is 6.14. The quantitative estimate of drug-likeness (QED) is 0.495. The number of rotatable bonds is 3. The summed E-state index contributed by atoms with van der Waals surface area (Å²) < 4.78 is 1.31. The van der Waals surface area contributed by atoms with Crippen molar-refractivity contribution in [2.45, 2.75) is 0 Å². The van der Waals surface area contributed by atoms with Crippen molar-refractivity contribution in [2.75, 3.05) is 0 Å². The Kier molecular flexibility index (Phi) is 4.06. The summed E-state index contributed by atoms with van der Waals surface area (Å²) in [4.78, 5) is 46.5. The molecule has 0 unspecified atom stereocenters. The first-order chi connectivity index (χ1) is 10.7. The van der Waals surface area contributed by atoms with E-state index in [0.29, 0.717) is 9.13 Å². The summed E-state index contributed by atoms with van der Waals surface area (Å²) in [6, 6.07) is 3.27. The molecule has 0 atom stereocenters. The molecule has 2 aromatic rings. The van der Waals surface area contributed by atoms with Crippen LogP contribution < -0.4 is 11.2 Å². The van der Waals surface area contributed by atoms with E-state index >= 15 is 0 Å². The molecule has 9 nitrogen and oxygen atoms in total. The van der Waals surface area contributed by atoms with E-state index in [1.54, 1.807) is 0 Å². The van der Waals surface area contributed by atoms with Gasteiger partial charge < -0.3 is 5.11 Å². The number of nitro groups is 1. The zero-order valence-electron chi connectivity index (χ0n) is 11.9. The van der Waals surface area contributed by atoms with Gasteiger partial charge in [0, 0.05) is 25.2 Å². The number of hydrogen-bond acceptors (Lipinski definition) is 6. The van der Waals surface area contributed by atoms with Crippen molar-refractivity contribution in [3.05, 3.63) is 65.3 Å². The molecule has 0 fully saturated rings. The highest BCUT2D eigenvalue weighted by molar-refractivity contribution is 6.31. The summed E-state index contributed by atoms with van der Waals surface area (Å²) in [5.41, 5.74) is -3.67. The first kappa shape index (κ1) is 16.4. The highest BCUT2D eigenvalue weighted by Crippen LogP contribution is 2.26. The Balaban J connectivity index is 2.81. The number of carbonyl (C=O) groups excluding carboxylic acids is 1. The molecule has 0 aliphatic rings. The van der Waals surface area contributed by atoms with Crippen LogP contribution in [0.1, 0.15) is 15.9 Å². The van der Waals surface area contributed by atoms with Crippen molar-refractivity contribution >= 4 is 23.1 Å². The molecule has 0 saturated carbocycles. The Morgan fingerprint density at radius 3 is 2.43 bits per heavy atom. The number of carbonyl (C=O) groups is 1. The zero-order chi connectivity index (χ0) is 17.5. The molecule has 2 rings (SSSR count). The van der Waals surface area contributed by atoms with E-state index in [1.807, 2.05) is 0 Å². The Labute approximate surface area is 133 Å².